The SMILES string of the molecule is COC(=O)c1cc(N=C=S)ccc1-c1ncco1. The molecule has 6 heteroatoms. The summed E-state index contributed by atoms with van der Waals surface area (Å²) in [6.07, 6.45) is 2.93. The second-order valence-electron chi connectivity index (χ2n) is 3.26. The van der Waals surface area contributed by atoms with Gasteiger partial charge in [-0.25, -0.2) is 9.78 Å². The first-order chi connectivity index (χ1) is 8.76. The van der Waals surface area contributed by atoms with Crippen LogP contribution in [0.2, 0.25) is 0 Å². The Morgan fingerprint density at radius 3 is 3.00 bits per heavy atom. The molecule has 90 valence electrons. The number of rotatable bonds is 3. The van der Waals surface area contributed by atoms with E-state index in [1.807, 2.05) is 0 Å². The minimum absolute atomic E-state index is 0.312. The fraction of sp³-hybridized carbons (Fsp3) is 0.0833. The Morgan fingerprint density at radius 2 is 2.39 bits per heavy atom. The number of hydrogen-bond donors (Lipinski definition) is 0. The molecule has 0 saturated carbocycles. The zero-order chi connectivity index (χ0) is 13.0. The molecule has 0 spiro atoms. The average molecular weight is 260 g/mol. The molecule has 2 aromatic rings. The van der Waals surface area contributed by atoms with Crippen molar-refractivity contribution in [3.8, 4) is 11.5 Å². The number of carbonyl (C=O) groups is 1. The van der Waals surface area contributed by atoms with Crippen LogP contribution in [0.4, 0.5) is 5.69 Å². The summed E-state index contributed by atoms with van der Waals surface area (Å²) >= 11 is 4.52. The number of aliphatic imine (C=N–C) groups is 1. The van der Waals surface area contributed by atoms with Gasteiger partial charge >= 0.3 is 5.97 Å². The molecule has 0 N–H and O–H groups in total. The maximum atomic E-state index is 11.7. The van der Waals surface area contributed by atoms with Crippen LogP contribution in [0.3, 0.4) is 0 Å². The van der Waals surface area contributed by atoms with Crippen LogP contribution in [0.5, 0.6) is 0 Å². The average Bonchev–Trinajstić information content (AvgIpc) is 2.92. The minimum atomic E-state index is -0.496. The molecule has 0 aliphatic carbocycles. The Balaban J connectivity index is 2.59. The lowest BCUT2D eigenvalue weighted by molar-refractivity contribution is 0.0601. The number of oxazole rings is 1. The van der Waals surface area contributed by atoms with Crippen molar-refractivity contribution in [2.45, 2.75) is 0 Å². The molecule has 2 rings (SSSR count). The first kappa shape index (κ1) is 12.2. The molecule has 1 aromatic carbocycles. The molecule has 5 nitrogen and oxygen atoms in total. The zero-order valence-corrected chi connectivity index (χ0v) is 10.2. The first-order valence-corrected chi connectivity index (χ1v) is 5.37. The van der Waals surface area contributed by atoms with E-state index in [1.54, 1.807) is 18.2 Å². The summed E-state index contributed by atoms with van der Waals surface area (Å²) in [4.78, 5) is 19.5. The molecule has 0 unspecified atom stereocenters. The van der Waals surface area contributed by atoms with Gasteiger partial charge in [-0.3, -0.25) is 0 Å². The van der Waals surface area contributed by atoms with E-state index in [-0.39, 0.29) is 0 Å². The van der Waals surface area contributed by atoms with Gasteiger partial charge in [0, 0.05) is 0 Å². The van der Waals surface area contributed by atoms with Gasteiger partial charge < -0.3 is 9.15 Å². The third kappa shape index (κ3) is 2.34. The second kappa shape index (κ2) is 5.35. The number of benzene rings is 1. The minimum Gasteiger partial charge on any atom is -0.465 e. The lowest BCUT2D eigenvalue weighted by atomic mass is 10.1. The van der Waals surface area contributed by atoms with Crippen molar-refractivity contribution < 1.29 is 13.9 Å². The van der Waals surface area contributed by atoms with Crippen LogP contribution >= 0.6 is 12.2 Å². The van der Waals surface area contributed by atoms with Crippen molar-refractivity contribution in [3.05, 3.63) is 36.2 Å². The van der Waals surface area contributed by atoms with Gasteiger partial charge in [0.25, 0.3) is 0 Å². The van der Waals surface area contributed by atoms with E-state index in [9.17, 15) is 4.79 Å². The molecular formula is C12H8N2O3S. The first-order valence-electron chi connectivity index (χ1n) is 4.96. The van der Waals surface area contributed by atoms with E-state index >= 15 is 0 Å². The molecule has 0 saturated heterocycles. The van der Waals surface area contributed by atoms with Crippen LogP contribution in [-0.4, -0.2) is 23.2 Å². The normalized spacial score (nSPS) is 9.61. The van der Waals surface area contributed by atoms with Crippen LogP contribution < -0.4 is 0 Å². The maximum absolute atomic E-state index is 11.7. The number of aromatic nitrogens is 1. The summed E-state index contributed by atoms with van der Waals surface area (Å²) in [7, 11) is 1.30. The molecule has 0 radical (unpaired) electrons. The molecule has 0 atom stereocenters. The molecular weight excluding hydrogens is 252 g/mol. The Kier molecular flexibility index (Phi) is 3.62. The Bertz CT molecular complexity index is 616. The topological polar surface area (TPSA) is 64.7 Å². The quantitative estimate of drug-likeness (QED) is 0.482. The summed E-state index contributed by atoms with van der Waals surface area (Å²) in [5, 5.41) is 2.24. The van der Waals surface area contributed by atoms with E-state index < -0.39 is 5.97 Å². The summed E-state index contributed by atoms with van der Waals surface area (Å²) in [5.74, 6) is -0.155. The molecule has 1 aromatic heterocycles. The highest BCUT2D eigenvalue weighted by Crippen LogP contribution is 2.26. The lowest BCUT2D eigenvalue weighted by Gasteiger charge is -2.05. The summed E-state index contributed by atoms with van der Waals surface area (Å²) in [6.45, 7) is 0. The van der Waals surface area contributed by atoms with Crippen LogP contribution in [-0.2, 0) is 4.74 Å². The number of carbonyl (C=O) groups excluding carboxylic acids is 1. The molecule has 1 heterocycles. The van der Waals surface area contributed by atoms with Crippen LogP contribution in [0, 0.1) is 0 Å². The number of nitrogens with zero attached hydrogens (tertiary/aromatic N) is 2. The van der Waals surface area contributed by atoms with Crippen molar-refractivity contribution in [2.24, 2.45) is 4.99 Å². The highest BCUT2D eigenvalue weighted by molar-refractivity contribution is 7.78. The van der Waals surface area contributed by atoms with Gasteiger partial charge in [0.2, 0.25) is 5.89 Å². The van der Waals surface area contributed by atoms with Crippen LogP contribution in [0.25, 0.3) is 11.5 Å². The summed E-state index contributed by atoms with van der Waals surface area (Å²) < 4.78 is 9.88. The predicted molar refractivity (Wildman–Crippen MR) is 68.0 cm³/mol. The smallest absolute Gasteiger partial charge is 0.338 e. The van der Waals surface area contributed by atoms with Crippen molar-refractivity contribution >= 4 is 29.0 Å². The highest BCUT2D eigenvalue weighted by Gasteiger charge is 2.16. The molecule has 0 aliphatic rings. The Hall–Kier alpha value is -2.30. The van der Waals surface area contributed by atoms with Crippen molar-refractivity contribution in [1.29, 1.82) is 0 Å². The molecule has 0 bridgehead atoms. The molecule has 0 amide bonds. The van der Waals surface area contributed by atoms with Gasteiger partial charge in [0.05, 0.1) is 35.3 Å². The van der Waals surface area contributed by atoms with E-state index in [0.29, 0.717) is 22.7 Å². The van der Waals surface area contributed by atoms with Gasteiger partial charge in [-0.05, 0) is 30.4 Å². The monoisotopic (exact) mass is 260 g/mol. The lowest BCUT2D eigenvalue weighted by Crippen LogP contribution is -2.03. The van der Waals surface area contributed by atoms with E-state index in [2.05, 4.69) is 27.4 Å². The zero-order valence-electron chi connectivity index (χ0n) is 9.41. The predicted octanol–water partition coefficient (Wildman–Crippen LogP) is 2.86. The summed E-state index contributed by atoms with van der Waals surface area (Å²) in [5.41, 5.74) is 1.36. The Morgan fingerprint density at radius 1 is 1.56 bits per heavy atom. The molecule has 18 heavy (non-hydrogen) atoms. The van der Waals surface area contributed by atoms with Gasteiger partial charge in [-0.15, -0.1) is 0 Å². The second-order valence-corrected chi connectivity index (χ2v) is 3.44. The van der Waals surface area contributed by atoms with Gasteiger partial charge in [0.1, 0.15) is 6.26 Å². The number of isothiocyanates is 1. The molecule has 0 aliphatic heterocycles. The largest absolute Gasteiger partial charge is 0.465 e. The fourth-order valence-electron chi connectivity index (χ4n) is 1.48. The maximum Gasteiger partial charge on any atom is 0.338 e. The van der Waals surface area contributed by atoms with Crippen LogP contribution in [0.1, 0.15) is 10.4 Å². The van der Waals surface area contributed by atoms with Crippen molar-refractivity contribution in [1.82, 2.24) is 4.98 Å². The van der Waals surface area contributed by atoms with Crippen molar-refractivity contribution in [2.75, 3.05) is 7.11 Å². The number of methoxy groups -OCH3 is 1. The number of hydrogen-bond acceptors (Lipinski definition) is 6. The third-order valence-corrected chi connectivity index (χ3v) is 2.34. The number of ether oxygens (including phenoxy) is 1. The van der Waals surface area contributed by atoms with Crippen LogP contribution in [0.15, 0.2) is 40.1 Å². The summed E-state index contributed by atoms with van der Waals surface area (Å²) in [6, 6.07) is 4.90. The van der Waals surface area contributed by atoms with Gasteiger partial charge in [-0.1, -0.05) is 0 Å². The van der Waals surface area contributed by atoms with E-state index in [0.717, 1.165) is 0 Å². The fourth-order valence-corrected chi connectivity index (χ4v) is 1.58. The third-order valence-electron chi connectivity index (χ3n) is 2.25. The van der Waals surface area contributed by atoms with Crippen molar-refractivity contribution in [3.63, 3.8) is 0 Å². The standard InChI is InChI=1S/C12H8N2O3S/c1-16-12(15)10-6-8(14-7-18)2-3-9(10)11-13-4-5-17-11/h2-6H,1H3. The van der Waals surface area contributed by atoms with Gasteiger partial charge in [-0.2, -0.15) is 4.99 Å². The van der Waals surface area contributed by atoms with E-state index in [1.165, 1.54) is 19.6 Å². The molecule has 0 fully saturated rings. The van der Waals surface area contributed by atoms with E-state index in [4.69, 9.17) is 9.15 Å². The Labute approximate surface area is 108 Å². The van der Waals surface area contributed by atoms with Gasteiger partial charge in [0.15, 0.2) is 0 Å². The number of thiocarbonyl (C=S) groups is 1. The highest BCUT2D eigenvalue weighted by atomic mass is 32.1. The number of esters is 1.